The smallest absolute Gasteiger partial charge is 0.328 e. The zero-order chi connectivity index (χ0) is 12.3. The molecule has 2 rings (SSSR count). The van der Waals surface area contributed by atoms with E-state index in [1.165, 1.54) is 0 Å². The third-order valence-corrected chi connectivity index (χ3v) is 2.51. The Hall–Kier alpha value is -2.04. The van der Waals surface area contributed by atoms with Crippen LogP contribution in [0.3, 0.4) is 0 Å². The number of pyridine rings is 1. The highest BCUT2D eigenvalue weighted by molar-refractivity contribution is 5.35. The first-order chi connectivity index (χ1) is 8.20. The molecule has 0 aliphatic carbocycles. The van der Waals surface area contributed by atoms with Crippen LogP contribution in [0.4, 0.5) is 5.82 Å². The summed E-state index contributed by atoms with van der Waals surface area (Å²) in [6.45, 7) is 3.36. The van der Waals surface area contributed by atoms with Crippen LogP contribution in [0.5, 0.6) is 0 Å². The molecule has 0 fully saturated rings. The molecule has 0 unspecified atom stereocenters. The molecule has 0 saturated heterocycles. The Morgan fingerprint density at radius 2 is 2.18 bits per heavy atom. The van der Waals surface area contributed by atoms with Crippen LogP contribution in [0, 0.1) is 0 Å². The van der Waals surface area contributed by atoms with Crippen molar-refractivity contribution in [2.75, 3.05) is 11.9 Å². The molecule has 0 amide bonds. The number of nitrogens with one attached hydrogen (secondary N) is 1. The van der Waals surface area contributed by atoms with E-state index in [2.05, 4.69) is 10.3 Å². The van der Waals surface area contributed by atoms with Crippen molar-refractivity contribution in [1.29, 1.82) is 0 Å². The second-order valence-electron chi connectivity index (χ2n) is 3.86. The van der Waals surface area contributed by atoms with Gasteiger partial charge in [-0.1, -0.05) is 6.07 Å². The molecule has 0 radical (unpaired) electrons. The molecule has 0 spiro atoms. The van der Waals surface area contributed by atoms with Gasteiger partial charge in [-0.05, 0) is 19.1 Å². The molecule has 0 aliphatic heterocycles. The summed E-state index contributed by atoms with van der Waals surface area (Å²) < 4.78 is 3.19. The minimum Gasteiger partial charge on any atom is -0.370 e. The van der Waals surface area contributed by atoms with E-state index in [1.807, 2.05) is 25.1 Å². The van der Waals surface area contributed by atoms with Crippen LogP contribution >= 0.6 is 0 Å². The average Bonchev–Trinajstić information content (AvgIpc) is 2.62. The Labute approximate surface area is 99.7 Å². The second kappa shape index (κ2) is 4.86. The third kappa shape index (κ3) is 2.55. The maximum Gasteiger partial charge on any atom is 0.328 e. The fourth-order valence-corrected chi connectivity index (χ4v) is 1.65. The van der Waals surface area contributed by atoms with E-state index in [0.29, 0.717) is 6.54 Å². The van der Waals surface area contributed by atoms with Crippen LogP contribution in [0.15, 0.2) is 35.4 Å². The van der Waals surface area contributed by atoms with Crippen molar-refractivity contribution in [1.82, 2.24) is 14.1 Å². The number of aryl methyl sites for hydroxylation is 1. The van der Waals surface area contributed by atoms with Gasteiger partial charge in [0.05, 0.1) is 12.2 Å². The topological polar surface area (TPSA) is 51.9 Å². The molecule has 90 valence electrons. The molecule has 5 nitrogen and oxygen atoms in total. The summed E-state index contributed by atoms with van der Waals surface area (Å²) in [5, 5.41) is 3.15. The Morgan fingerprint density at radius 3 is 2.82 bits per heavy atom. The van der Waals surface area contributed by atoms with Gasteiger partial charge in [-0.15, -0.1) is 0 Å². The average molecular weight is 232 g/mol. The van der Waals surface area contributed by atoms with E-state index in [4.69, 9.17) is 0 Å². The minimum atomic E-state index is -0.0272. The molecule has 2 heterocycles. The highest BCUT2D eigenvalue weighted by Crippen LogP contribution is 2.05. The van der Waals surface area contributed by atoms with E-state index >= 15 is 0 Å². The first-order valence-electron chi connectivity index (χ1n) is 5.62. The normalized spacial score (nSPS) is 10.5. The summed E-state index contributed by atoms with van der Waals surface area (Å²) in [6, 6.07) is 5.77. The molecule has 2 aromatic heterocycles. The van der Waals surface area contributed by atoms with Crippen LogP contribution in [0.1, 0.15) is 12.6 Å². The number of nitrogens with zero attached hydrogens (tertiary/aromatic N) is 3. The molecule has 0 saturated carbocycles. The van der Waals surface area contributed by atoms with Gasteiger partial charge in [0.15, 0.2) is 0 Å². The van der Waals surface area contributed by atoms with E-state index in [9.17, 15) is 4.79 Å². The van der Waals surface area contributed by atoms with E-state index in [0.717, 1.165) is 18.1 Å². The van der Waals surface area contributed by atoms with E-state index in [1.54, 1.807) is 28.6 Å². The van der Waals surface area contributed by atoms with E-state index < -0.39 is 0 Å². The highest BCUT2D eigenvalue weighted by Gasteiger charge is 2.02. The molecule has 1 N–H and O–H groups in total. The fourth-order valence-electron chi connectivity index (χ4n) is 1.65. The zero-order valence-corrected chi connectivity index (χ0v) is 10.1. The van der Waals surface area contributed by atoms with Crippen molar-refractivity contribution in [3.8, 4) is 0 Å². The predicted molar refractivity (Wildman–Crippen MR) is 67.2 cm³/mol. The van der Waals surface area contributed by atoms with Crippen LogP contribution in [-0.4, -0.2) is 20.7 Å². The number of hydrogen-bond donors (Lipinski definition) is 1. The number of aromatic nitrogens is 3. The van der Waals surface area contributed by atoms with Crippen molar-refractivity contribution in [2.24, 2.45) is 7.05 Å². The molecule has 2 aromatic rings. The molecular formula is C12H16N4O. The van der Waals surface area contributed by atoms with Gasteiger partial charge in [-0.3, -0.25) is 4.57 Å². The Morgan fingerprint density at radius 1 is 1.35 bits per heavy atom. The van der Waals surface area contributed by atoms with Crippen molar-refractivity contribution < 1.29 is 0 Å². The lowest BCUT2D eigenvalue weighted by Gasteiger charge is -2.05. The SMILES string of the molecule is CCNc1cccc(Cn2ccn(C)c2=O)n1. The lowest BCUT2D eigenvalue weighted by Crippen LogP contribution is -2.22. The van der Waals surface area contributed by atoms with Gasteiger partial charge in [0.1, 0.15) is 5.82 Å². The Kier molecular flexibility index (Phi) is 3.27. The van der Waals surface area contributed by atoms with Crippen molar-refractivity contribution in [3.63, 3.8) is 0 Å². The first kappa shape index (κ1) is 11.4. The van der Waals surface area contributed by atoms with Gasteiger partial charge in [0.2, 0.25) is 0 Å². The molecule has 0 aliphatic rings. The molecule has 0 bridgehead atoms. The first-order valence-corrected chi connectivity index (χ1v) is 5.62. The highest BCUT2D eigenvalue weighted by atomic mass is 16.1. The number of anilines is 1. The largest absolute Gasteiger partial charge is 0.370 e. The lowest BCUT2D eigenvalue weighted by molar-refractivity contribution is 0.705. The summed E-state index contributed by atoms with van der Waals surface area (Å²) in [6.07, 6.45) is 3.51. The van der Waals surface area contributed by atoms with Gasteiger partial charge in [-0.2, -0.15) is 0 Å². The standard InChI is InChI=1S/C12H16N4O/c1-3-13-11-6-4-5-10(14-11)9-16-8-7-15(2)12(16)17/h4-8H,3,9H2,1-2H3,(H,13,14). The Balaban J connectivity index is 2.21. The molecular weight excluding hydrogens is 216 g/mol. The number of hydrogen-bond acceptors (Lipinski definition) is 3. The maximum atomic E-state index is 11.7. The Bertz CT molecular complexity index is 556. The molecule has 0 aromatic carbocycles. The summed E-state index contributed by atoms with van der Waals surface area (Å²) in [5.41, 5.74) is 0.845. The van der Waals surface area contributed by atoms with Crippen molar-refractivity contribution in [2.45, 2.75) is 13.5 Å². The van der Waals surface area contributed by atoms with Gasteiger partial charge in [0.25, 0.3) is 0 Å². The summed E-state index contributed by atoms with van der Waals surface area (Å²) in [5.74, 6) is 0.842. The van der Waals surface area contributed by atoms with Crippen LogP contribution in [0.2, 0.25) is 0 Å². The summed E-state index contributed by atoms with van der Waals surface area (Å²) in [7, 11) is 1.74. The molecule has 17 heavy (non-hydrogen) atoms. The second-order valence-corrected chi connectivity index (χ2v) is 3.86. The molecule has 5 heteroatoms. The zero-order valence-electron chi connectivity index (χ0n) is 10.1. The van der Waals surface area contributed by atoms with E-state index in [-0.39, 0.29) is 5.69 Å². The van der Waals surface area contributed by atoms with Crippen LogP contribution in [-0.2, 0) is 13.6 Å². The van der Waals surface area contributed by atoms with Gasteiger partial charge in [0, 0.05) is 26.0 Å². The molecule has 0 atom stereocenters. The fraction of sp³-hybridized carbons (Fsp3) is 0.333. The lowest BCUT2D eigenvalue weighted by atomic mass is 10.3. The van der Waals surface area contributed by atoms with Crippen LogP contribution < -0.4 is 11.0 Å². The maximum absolute atomic E-state index is 11.7. The van der Waals surface area contributed by atoms with Crippen molar-refractivity contribution >= 4 is 5.82 Å². The predicted octanol–water partition coefficient (Wildman–Crippen LogP) is 1.06. The number of rotatable bonds is 4. The summed E-state index contributed by atoms with van der Waals surface area (Å²) >= 11 is 0. The van der Waals surface area contributed by atoms with Crippen molar-refractivity contribution in [3.05, 3.63) is 46.8 Å². The van der Waals surface area contributed by atoms with Gasteiger partial charge in [-0.25, -0.2) is 9.78 Å². The summed E-state index contributed by atoms with van der Waals surface area (Å²) in [4.78, 5) is 16.1. The van der Waals surface area contributed by atoms with Crippen LogP contribution in [0.25, 0.3) is 0 Å². The quantitative estimate of drug-likeness (QED) is 0.857. The number of imidazole rings is 1. The van der Waals surface area contributed by atoms with Gasteiger partial charge < -0.3 is 9.88 Å². The minimum absolute atomic E-state index is 0.0272. The van der Waals surface area contributed by atoms with Gasteiger partial charge >= 0.3 is 5.69 Å². The monoisotopic (exact) mass is 232 g/mol. The third-order valence-electron chi connectivity index (χ3n) is 2.51.